The Morgan fingerprint density at radius 3 is 2.45 bits per heavy atom. The first-order valence-corrected chi connectivity index (χ1v) is 10.0. The largest absolute Gasteiger partial charge is 0.491 e. The van der Waals surface area contributed by atoms with Gasteiger partial charge in [0.15, 0.2) is 11.4 Å². The van der Waals surface area contributed by atoms with Gasteiger partial charge in [0, 0.05) is 11.1 Å². The number of rotatable bonds is 7. The first-order chi connectivity index (χ1) is 14.9. The van der Waals surface area contributed by atoms with E-state index in [1.54, 1.807) is 24.3 Å². The van der Waals surface area contributed by atoms with Crippen LogP contribution in [0.3, 0.4) is 0 Å². The molecule has 0 saturated heterocycles. The molecule has 1 amide bonds. The standard InChI is InChI=1S/C25H22FNO4/c1-17-6-2-5-9-23(17)31-15-14-27-21-8-4-3-7-20(21)25(30,24(27)29)16-22(28)18-10-12-19(26)13-11-18/h2-13,30H,14-16H2,1H3. The number of carbonyl (C=O) groups excluding carboxylic acids is 2. The van der Waals surface area contributed by atoms with Crippen LogP contribution < -0.4 is 9.64 Å². The van der Waals surface area contributed by atoms with Gasteiger partial charge in [-0.05, 0) is 48.9 Å². The highest BCUT2D eigenvalue weighted by atomic mass is 19.1. The van der Waals surface area contributed by atoms with Crippen molar-refractivity contribution in [3.05, 3.63) is 95.3 Å². The Kier molecular flexibility index (Phi) is 5.57. The van der Waals surface area contributed by atoms with E-state index in [2.05, 4.69) is 0 Å². The third-order valence-corrected chi connectivity index (χ3v) is 5.49. The molecular weight excluding hydrogens is 397 g/mol. The lowest BCUT2D eigenvalue weighted by molar-refractivity contribution is -0.135. The van der Waals surface area contributed by atoms with Crippen LogP contribution in [0.4, 0.5) is 10.1 Å². The number of benzene rings is 3. The van der Waals surface area contributed by atoms with Gasteiger partial charge in [-0.1, -0.05) is 36.4 Å². The van der Waals surface area contributed by atoms with Gasteiger partial charge in [-0.15, -0.1) is 0 Å². The van der Waals surface area contributed by atoms with Gasteiger partial charge in [-0.25, -0.2) is 4.39 Å². The monoisotopic (exact) mass is 419 g/mol. The SMILES string of the molecule is Cc1ccccc1OCCN1C(=O)C(O)(CC(=O)c2ccc(F)cc2)c2ccccc21. The van der Waals surface area contributed by atoms with Gasteiger partial charge in [-0.3, -0.25) is 9.59 Å². The van der Waals surface area contributed by atoms with Gasteiger partial charge >= 0.3 is 0 Å². The Labute approximate surface area is 179 Å². The van der Waals surface area contributed by atoms with E-state index in [1.807, 2.05) is 31.2 Å². The second-order valence-corrected chi connectivity index (χ2v) is 7.56. The van der Waals surface area contributed by atoms with E-state index >= 15 is 0 Å². The van der Waals surface area contributed by atoms with Crippen molar-refractivity contribution < 1.29 is 23.8 Å². The number of ether oxygens (including phenoxy) is 1. The number of amides is 1. The number of ketones is 1. The van der Waals surface area contributed by atoms with Gasteiger partial charge in [-0.2, -0.15) is 0 Å². The third kappa shape index (κ3) is 3.94. The molecule has 0 saturated carbocycles. The van der Waals surface area contributed by atoms with Crippen molar-refractivity contribution in [3.8, 4) is 5.75 Å². The van der Waals surface area contributed by atoms with E-state index in [1.165, 1.54) is 29.2 Å². The Bertz CT molecular complexity index is 1130. The molecule has 1 aliphatic heterocycles. The first kappa shape index (κ1) is 20.8. The number of Topliss-reactive ketones (excluding diaryl/α,β-unsaturated/α-hetero) is 1. The molecule has 1 unspecified atom stereocenters. The predicted molar refractivity (Wildman–Crippen MR) is 115 cm³/mol. The summed E-state index contributed by atoms with van der Waals surface area (Å²) in [4.78, 5) is 27.4. The summed E-state index contributed by atoms with van der Waals surface area (Å²) in [5, 5.41) is 11.3. The summed E-state index contributed by atoms with van der Waals surface area (Å²) in [6.07, 6.45) is -0.427. The maximum absolute atomic E-state index is 13.2. The fourth-order valence-corrected chi connectivity index (χ4v) is 3.83. The number of para-hydroxylation sites is 2. The molecule has 3 aromatic carbocycles. The molecule has 3 aromatic rings. The molecule has 6 heteroatoms. The first-order valence-electron chi connectivity index (χ1n) is 10.0. The van der Waals surface area contributed by atoms with Crippen LogP contribution in [0.2, 0.25) is 0 Å². The van der Waals surface area contributed by atoms with Crippen LogP contribution >= 0.6 is 0 Å². The summed E-state index contributed by atoms with van der Waals surface area (Å²) >= 11 is 0. The van der Waals surface area contributed by atoms with E-state index in [-0.39, 0.29) is 18.7 Å². The second-order valence-electron chi connectivity index (χ2n) is 7.56. The number of aliphatic hydroxyl groups is 1. The minimum Gasteiger partial charge on any atom is -0.491 e. The summed E-state index contributed by atoms with van der Waals surface area (Å²) in [7, 11) is 0. The van der Waals surface area contributed by atoms with Crippen molar-refractivity contribution in [3.63, 3.8) is 0 Å². The van der Waals surface area contributed by atoms with Crippen molar-refractivity contribution in [2.45, 2.75) is 18.9 Å². The van der Waals surface area contributed by atoms with Crippen LogP contribution in [0.1, 0.15) is 27.9 Å². The predicted octanol–water partition coefficient (Wildman–Crippen LogP) is 4.02. The number of nitrogens with zero attached hydrogens (tertiary/aromatic N) is 1. The summed E-state index contributed by atoms with van der Waals surface area (Å²) in [6.45, 7) is 2.38. The van der Waals surface area contributed by atoms with Gasteiger partial charge < -0.3 is 14.7 Å². The maximum atomic E-state index is 13.2. The molecular formula is C25H22FNO4. The highest BCUT2D eigenvalue weighted by molar-refractivity contribution is 6.10. The number of anilines is 1. The fraction of sp³-hybridized carbons (Fsp3) is 0.200. The van der Waals surface area contributed by atoms with Crippen LogP contribution in [0, 0.1) is 12.7 Å². The van der Waals surface area contributed by atoms with Crippen LogP contribution in [0.25, 0.3) is 0 Å². The van der Waals surface area contributed by atoms with E-state index < -0.39 is 29.5 Å². The average molecular weight is 419 g/mol. The molecule has 5 nitrogen and oxygen atoms in total. The van der Waals surface area contributed by atoms with Crippen molar-refractivity contribution in [1.29, 1.82) is 0 Å². The summed E-state index contributed by atoms with van der Waals surface area (Å²) in [5.74, 6) is -0.747. The summed E-state index contributed by atoms with van der Waals surface area (Å²) < 4.78 is 19.0. The Morgan fingerprint density at radius 2 is 1.71 bits per heavy atom. The molecule has 158 valence electrons. The normalized spacial score (nSPS) is 17.5. The number of halogens is 1. The van der Waals surface area contributed by atoms with Crippen LogP contribution in [-0.4, -0.2) is 29.9 Å². The molecule has 1 heterocycles. The number of hydrogen-bond donors (Lipinski definition) is 1. The van der Waals surface area contributed by atoms with Crippen LogP contribution in [-0.2, 0) is 10.4 Å². The molecule has 0 fully saturated rings. The molecule has 0 spiro atoms. The Balaban J connectivity index is 1.54. The Morgan fingerprint density at radius 1 is 1.03 bits per heavy atom. The highest BCUT2D eigenvalue weighted by Gasteiger charge is 2.50. The van der Waals surface area contributed by atoms with Crippen LogP contribution in [0.15, 0.2) is 72.8 Å². The summed E-state index contributed by atoms with van der Waals surface area (Å²) in [5.41, 5.74) is 0.171. The van der Waals surface area contributed by atoms with Crippen molar-refractivity contribution >= 4 is 17.4 Å². The van der Waals surface area contributed by atoms with E-state index in [9.17, 15) is 19.1 Å². The van der Waals surface area contributed by atoms with E-state index in [0.717, 1.165) is 11.3 Å². The van der Waals surface area contributed by atoms with Crippen molar-refractivity contribution in [2.75, 3.05) is 18.1 Å². The number of carbonyl (C=O) groups is 2. The van der Waals surface area contributed by atoms with Gasteiger partial charge in [0.1, 0.15) is 18.2 Å². The number of fused-ring (bicyclic) bond motifs is 1. The molecule has 1 aliphatic rings. The zero-order chi connectivity index (χ0) is 22.0. The van der Waals surface area contributed by atoms with E-state index in [4.69, 9.17) is 4.74 Å². The second kappa shape index (κ2) is 8.32. The lowest BCUT2D eigenvalue weighted by Crippen LogP contribution is -2.43. The van der Waals surface area contributed by atoms with Gasteiger partial charge in [0.25, 0.3) is 5.91 Å². The zero-order valence-corrected chi connectivity index (χ0v) is 17.0. The minimum atomic E-state index is -1.98. The molecule has 1 N–H and O–H groups in total. The quantitative estimate of drug-likeness (QED) is 0.588. The summed E-state index contributed by atoms with van der Waals surface area (Å²) in [6, 6.07) is 19.5. The molecule has 31 heavy (non-hydrogen) atoms. The topological polar surface area (TPSA) is 66.8 Å². The van der Waals surface area contributed by atoms with Gasteiger partial charge in [0.2, 0.25) is 0 Å². The average Bonchev–Trinajstić information content (AvgIpc) is 2.97. The smallest absolute Gasteiger partial charge is 0.264 e. The molecule has 0 aromatic heterocycles. The molecule has 0 radical (unpaired) electrons. The lowest BCUT2D eigenvalue weighted by atomic mass is 9.88. The highest BCUT2D eigenvalue weighted by Crippen LogP contribution is 2.42. The van der Waals surface area contributed by atoms with Crippen molar-refractivity contribution in [2.24, 2.45) is 0 Å². The zero-order valence-electron chi connectivity index (χ0n) is 17.0. The molecule has 0 bridgehead atoms. The fourth-order valence-electron chi connectivity index (χ4n) is 3.83. The molecule has 4 rings (SSSR count). The van der Waals surface area contributed by atoms with E-state index in [0.29, 0.717) is 11.3 Å². The van der Waals surface area contributed by atoms with Gasteiger partial charge in [0.05, 0.1) is 18.7 Å². The van der Waals surface area contributed by atoms with Crippen molar-refractivity contribution in [1.82, 2.24) is 0 Å². The number of hydrogen-bond acceptors (Lipinski definition) is 4. The molecule has 0 aliphatic carbocycles. The maximum Gasteiger partial charge on any atom is 0.264 e. The van der Waals surface area contributed by atoms with Crippen LogP contribution in [0.5, 0.6) is 5.75 Å². The lowest BCUT2D eigenvalue weighted by Gasteiger charge is -2.23. The number of aryl methyl sites for hydroxylation is 1. The third-order valence-electron chi connectivity index (χ3n) is 5.49. The Hall–Kier alpha value is -3.51. The minimum absolute atomic E-state index is 0.219. The molecule has 1 atom stereocenters.